The van der Waals surface area contributed by atoms with E-state index >= 15 is 0 Å². The number of nitrogens with zero attached hydrogens (tertiary/aromatic N) is 2. The Morgan fingerprint density at radius 2 is 1.86 bits per heavy atom. The van der Waals surface area contributed by atoms with E-state index in [4.69, 9.17) is 11.6 Å². The molecule has 0 saturated heterocycles. The number of halogens is 1. The van der Waals surface area contributed by atoms with Crippen LogP contribution in [0.25, 0.3) is 16.7 Å². The smallest absolute Gasteiger partial charge is 0.298 e. The molecule has 5 heteroatoms. The van der Waals surface area contributed by atoms with Crippen LogP contribution in [-0.4, -0.2) is 16.1 Å². The van der Waals surface area contributed by atoms with E-state index in [1.165, 1.54) is 0 Å². The highest BCUT2D eigenvalue weighted by Gasteiger charge is 2.11. The Morgan fingerprint density at radius 3 is 2.57 bits per heavy atom. The van der Waals surface area contributed by atoms with Gasteiger partial charge in [-0.1, -0.05) is 23.7 Å². The van der Waals surface area contributed by atoms with Gasteiger partial charge in [-0.15, -0.1) is 0 Å². The van der Waals surface area contributed by atoms with Crippen molar-refractivity contribution in [3.63, 3.8) is 0 Å². The van der Waals surface area contributed by atoms with Gasteiger partial charge in [-0.3, -0.25) is 9.36 Å². The second-order valence-electron chi connectivity index (χ2n) is 4.60. The fourth-order valence-electron chi connectivity index (χ4n) is 2.26. The summed E-state index contributed by atoms with van der Waals surface area (Å²) < 4.78 is 1.65. The fourth-order valence-corrected chi connectivity index (χ4v) is 2.39. The van der Waals surface area contributed by atoms with E-state index in [0.717, 1.165) is 16.7 Å². The van der Waals surface area contributed by atoms with E-state index in [-0.39, 0.29) is 5.56 Å². The molecule has 2 aromatic carbocycles. The lowest BCUT2D eigenvalue weighted by atomic mass is 10.2. The van der Waals surface area contributed by atoms with Gasteiger partial charge in [0.25, 0.3) is 5.56 Å². The van der Waals surface area contributed by atoms with Crippen molar-refractivity contribution in [3.8, 4) is 5.69 Å². The zero-order valence-corrected chi connectivity index (χ0v) is 12.3. The maximum absolute atomic E-state index is 12.7. The molecule has 0 aliphatic carbocycles. The quantitative estimate of drug-likeness (QED) is 0.805. The molecular weight excluding hydrogens is 286 g/mol. The monoisotopic (exact) mass is 299 g/mol. The summed E-state index contributed by atoms with van der Waals surface area (Å²) in [5, 5.41) is 3.66. The molecule has 1 aromatic heterocycles. The summed E-state index contributed by atoms with van der Waals surface area (Å²) in [6.07, 6.45) is 0. The van der Waals surface area contributed by atoms with E-state index in [0.29, 0.717) is 17.4 Å². The molecule has 3 aromatic rings. The Bertz CT molecular complexity index is 840. The normalized spacial score (nSPS) is 10.8. The van der Waals surface area contributed by atoms with Gasteiger partial charge in [0.05, 0.1) is 11.0 Å². The number of hydrogen-bond donors (Lipinski definition) is 1. The lowest BCUT2D eigenvalue weighted by Crippen LogP contribution is -2.24. The third kappa shape index (κ3) is 2.50. The highest BCUT2D eigenvalue weighted by Crippen LogP contribution is 2.18. The van der Waals surface area contributed by atoms with Crippen molar-refractivity contribution in [2.75, 3.05) is 11.9 Å². The maximum atomic E-state index is 12.7. The largest absolute Gasteiger partial charge is 0.366 e. The van der Waals surface area contributed by atoms with Gasteiger partial charge in [0, 0.05) is 17.3 Å². The van der Waals surface area contributed by atoms with Crippen LogP contribution < -0.4 is 10.9 Å². The SMILES string of the molecule is CCNc1nc2ccccc2n(-c2ccc(Cl)cc2)c1=O. The number of fused-ring (bicyclic) bond motifs is 1. The van der Waals surface area contributed by atoms with Gasteiger partial charge in [-0.05, 0) is 43.3 Å². The molecule has 106 valence electrons. The van der Waals surface area contributed by atoms with E-state index < -0.39 is 0 Å². The first kappa shape index (κ1) is 13.6. The fraction of sp³-hybridized carbons (Fsp3) is 0.125. The summed E-state index contributed by atoms with van der Waals surface area (Å²) in [6, 6.07) is 14.8. The van der Waals surface area contributed by atoms with Gasteiger partial charge in [0.2, 0.25) is 0 Å². The van der Waals surface area contributed by atoms with Crippen molar-refractivity contribution in [3.05, 3.63) is 63.9 Å². The van der Waals surface area contributed by atoms with Crippen molar-refractivity contribution in [1.82, 2.24) is 9.55 Å². The minimum atomic E-state index is -0.169. The predicted molar refractivity (Wildman–Crippen MR) is 86.5 cm³/mol. The van der Waals surface area contributed by atoms with Crippen LogP contribution in [0.4, 0.5) is 5.82 Å². The molecule has 0 fully saturated rings. The third-order valence-corrected chi connectivity index (χ3v) is 3.44. The second kappa shape index (κ2) is 5.58. The number of aromatic nitrogens is 2. The van der Waals surface area contributed by atoms with E-state index in [9.17, 15) is 4.79 Å². The van der Waals surface area contributed by atoms with Gasteiger partial charge < -0.3 is 5.32 Å². The Kier molecular flexibility index (Phi) is 3.62. The minimum Gasteiger partial charge on any atom is -0.366 e. The first-order chi connectivity index (χ1) is 10.2. The number of hydrogen-bond acceptors (Lipinski definition) is 3. The standard InChI is InChI=1S/C16H14ClN3O/c1-2-18-15-16(21)20(12-9-7-11(17)8-10-12)14-6-4-3-5-13(14)19-15/h3-10H,2H2,1H3,(H,18,19). The van der Waals surface area contributed by atoms with Gasteiger partial charge in [0.1, 0.15) is 0 Å². The van der Waals surface area contributed by atoms with Crippen molar-refractivity contribution >= 4 is 28.5 Å². The molecule has 1 N–H and O–H groups in total. The van der Waals surface area contributed by atoms with Gasteiger partial charge in [-0.2, -0.15) is 0 Å². The van der Waals surface area contributed by atoms with Gasteiger partial charge in [-0.25, -0.2) is 4.98 Å². The van der Waals surface area contributed by atoms with Crippen molar-refractivity contribution < 1.29 is 0 Å². The Balaban J connectivity index is 2.35. The zero-order valence-electron chi connectivity index (χ0n) is 11.5. The Labute approximate surface area is 127 Å². The first-order valence-electron chi connectivity index (χ1n) is 6.72. The lowest BCUT2D eigenvalue weighted by Gasteiger charge is -2.12. The molecule has 0 unspecified atom stereocenters. The Hall–Kier alpha value is -2.33. The molecular formula is C16H14ClN3O. The summed E-state index contributed by atoms with van der Waals surface area (Å²) >= 11 is 5.93. The van der Waals surface area contributed by atoms with E-state index in [2.05, 4.69) is 10.3 Å². The average molecular weight is 300 g/mol. The summed E-state index contributed by atoms with van der Waals surface area (Å²) in [5.74, 6) is 0.353. The van der Waals surface area contributed by atoms with Crippen LogP contribution in [0.15, 0.2) is 53.3 Å². The molecule has 0 atom stereocenters. The second-order valence-corrected chi connectivity index (χ2v) is 5.03. The summed E-state index contributed by atoms with van der Waals surface area (Å²) in [6.45, 7) is 2.57. The van der Waals surface area contributed by atoms with Crippen molar-refractivity contribution in [1.29, 1.82) is 0 Å². The number of benzene rings is 2. The lowest BCUT2D eigenvalue weighted by molar-refractivity contribution is 1.00. The van der Waals surface area contributed by atoms with E-state index in [1.54, 1.807) is 16.7 Å². The molecule has 0 amide bonds. The summed E-state index contributed by atoms with van der Waals surface area (Å²) in [7, 11) is 0. The molecule has 21 heavy (non-hydrogen) atoms. The topological polar surface area (TPSA) is 46.9 Å². The molecule has 4 nitrogen and oxygen atoms in total. The predicted octanol–water partition coefficient (Wildman–Crippen LogP) is 3.47. The van der Waals surface area contributed by atoms with Crippen molar-refractivity contribution in [2.45, 2.75) is 6.92 Å². The Morgan fingerprint density at radius 1 is 1.14 bits per heavy atom. The summed E-state index contributed by atoms with van der Waals surface area (Å²) in [4.78, 5) is 17.1. The molecule has 0 aliphatic heterocycles. The van der Waals surface area contributed by atoms with Crippen LogP contribution in [0.3, 0.4) is 0 Å². The first-order valence-corrected chi connectivity index (χ1v) is 7.10. The molecule has 3 rings (SSSR count). The van der Waals surface area contributed by atoms with Gasteiger partial charge in [0.15, 0.2) is 5.82 Å². The molecule has 0 bridgehead atoms. The van der Waals surface area contributed by atoms with Crippen LogP contribution >= 0.6 is 11.6 Å². The molecule has 0 saturated carbocycles. The maximum Gasteiger partial charge on any atom is 0.298 e. The summed E-state index contributed by atoms with van der Waals surface area (Å²) in [5.41, 5.74) is 2.13. The molecule has 0 spiro atoms. The van der Waals surface area contributed by atoms with Crippen LogP contribution in [0.1, 0.15) is 6.92 Å². The van der Waals surface area contributed by atoms with Crippen LogP contribution in [0, 0.1) is 0 Å². The average Bonchev–Trinajstić information content (AvgIpc) is 2.50. The minimum absolute atomic E-state index is 0.169. The van der Waals surface area contributed by atoms with Crippen LogP contribution in [0.5, 0.6) is 0 Å². The van der Waals surface area contributed by atoms with E-state index in [1.807, 2.05) is 43.3 Å². The highest BCUT2D eigenvalue weighted by atomic mass is 35.5. The number of nitrogens with one attached hydrogen (secondary N) is 1. The number of anilines is 1. The third-order valence-electron chi connectivity index (χ3n) is 3.19. The number of para-hydroxylation sites is 2. The highest BCUT2D eigenvalue weighted by molar-refractivity contribution is 6.30. The van der Waals surface area contributed by atoms with Crippen LogP contribution in [-0.2, 0) is 0 Å². The van der Waals surface area contributed by atoms with Gasteiger partial charge >= 0.3 is 0 Å². The van der Waals surface area contributed by atoms with Crippen molar-refractivity contribution in [2.24, 2.45) is 0 Å². The van der Waals surface area contributed by atoms with Crippen LogP contribution in [0.2, 0.25) is 5.02 Å². The zero-order chi connectivity index (χ0) is 14.8. The molecule has 0 radical (unpaired) electrons. The molecule has 1 heterocycles. The molecule has 0 aliphatic rings. The number of rotatable bonds is 3.